The second-order valence-electron chi connectivity index (χ2n) is 11.2. The van der Waals surface area contributed by atoms with Crippen molar-refractivity contribution in [3.8, 4) is 28.0 Å². The first kappa shape index (κ1) is 26.3. The number of pyridine rings is 1. The Balaban J connectivity index is 1.83. The number of halogens is 1. The first-order valence-corrected chi connectivity index (χ1v) is 13.2. The number of rotatable bonds is 5. The average Bonchev–Trinajstić information content (AvgIpc) is 2.86. The highest BCUT2D eigenvalue weighted by Crippen LogP contribution is 2.45. The zero-order valence-corrected chi connectivity index (χ0v) is 22.7. The molecular weight excluding hydrogens is 483 g/mol. The van der Waals surface area contributed by atoms with Crippen molar-refractivity contribution in [1.82, 2.24) is 10.3 Å². The Kier molecular flexibility index (Phi) is 7.01. The van der Waals surface area contributed by atoms with E-state index in [1.54, 1.807) is 6.92 Å². The number of aryl methyl sites for hydroxylation is 3. The number of aromatic nitrogens is 1. The van der Waals surface area contributed by atoms with E-state index >= 15 is 4.39 Å². The number of carbonyl (C=O) groups is 1. The predicted octanol–water partition coefficient (Wildman–Crippen LogP) is 6.08. The molecule has 38 heavy (non-hydrogen) atoms. The first-order chi connectivity index (χ1) is 18.0. The van der Waals surface area contributed by atoms with E-state index in [1.165, 1.54) is 17.2 Å². The molecule has 3 aromatic rings. The third-order valence-corrected chi connectivity index (χ3v) is 7.19. The summed E-state index contributed by atoms with van der Waals surface area (Å²) < 4.78 is 27.2. The minimum absolute atomic E-state index is 0.285. The van der Waals surface area contributed by atoms with Crippen LogP contribution >= 0.6 is 0 Å². The molecule has 3 heterocycles. The van der Waals surface area contributed by atoms with Crippen LogP contribution in [0.25, 0.3) is 22.3 Å². The summed E-state index contributed by atoms with van der Waals surface area (Å²) in [6.45, 7) is 11.4. The lowest BCUT2D eigenvalue weighted by molar-refractivity contribution is -0.160. The molecule has 1 unspecified atom stereocenters. The smallest absolute Gasteiger partial charge is 0.337 e. The number of fused-ring (bicyclic) bond motifs is 2. The van der Waals surface area contributed by atoms with Crippen molar-refractivity contribution in [2.75, 3.05) is 13.2 Å². The Hall–Kier alpha value is -3.29. The highest BCUT2D eigenvalue weighted by atomic mass is 19.1. The molecule has 1 atom stereocenters. The van der Waals surface area contributed by atoms with Gasteiger partial charge in [-0.05, 0) is 106 Å². The van der Waals surface area contributed by atoms with Crippen LogP contribution in [0.4, 0.5) is 4.39 Å². The molecule has 0 saturated heterocycles. The molecule has 0 saturated carbocycles. The van der Waals surface area contributed by atoms with Crippen LogP contribution in [0.1, 0.15) is 66.9 Å². The summed E-state index contributed by atoms with van der Waals surface area (Å²) in [5.41, 5.74) is 7.29. The number of ether oxygens (including phenoxy) is 2. The van der Waals surface area contributed by atoms with E-state index in [-0.39, 0.29) is 5.75 Å². The summed E-state index contributed by atoms with van der Waals surface area (Å²) in [4.78, 5) is 17.5. The molecule has 0 radical (unpaired) electrons. The Bertz CT molecular complexity index is 1410. The maximum atomic E-state index is 15.4. The van der Waals surface area contributed by atoms with Gasteiger partial charge in [0.25, 0.3) is 0 Å². The summed E-state index contributed by atoms with van der Waals surface area (Å²) in [5, 5.41) is 13.8. The van der Waals surface area contributed by atoms with Gasteiger partial charge in [0.2, 0.25) is 0 Å². The van der Waals surface area contributed by atoms with Gasteiger partial charge in [-0.2, -0.15) is 0 Å². The standard InChI is InChI=1S/C31H35FN2O4/c1-17-25(20-8-9-22-16-33-11-10-19(22)13-20)27(23-14-21-7-6-12-37-28(21)24(32)15-23)26(18(2)34-17)29(30(35)36)38-31(3,4)5/h8-9,13-15,29,33H,6-7,10-12,16H2,1-5H3,(H,35,36). The highest BCUT2D eigenvalue weighted by Gasteiger charge is 2.34. The van der Waals surface area contributed by atoms with E-state index in [0.717, 1.165) is 48.3 Å². The van der Waals surface area contributed by atoms with Crippen molar-refractivity contribution < 1.29 is 23.8 Å². The summed E-state index contributed by atoms with van der Waals surface area (Å²) in [6.07, 6.45) is 1.11. The van der Waals surface area contributed by atoms with Crippen molar-refractivity contribution in [2.24, 2.45) is 0 Å². The maximum absolute atomic E-state index is 15.4. The number of nitrogens with zero attached hydrogens (tertiary/aromatic N) is 1. The topological polar surface area (TPSA) is 80.7 Å². The van der Waals surface area contributed by atoms with Crippen LogP contribution in [0.5, 0.6) is 5.75 Å². The van der Waals surface area contributed by atoms with Crippen LogP contribution in [0.2, 0.25) is 0 Å². The summed E-state index contributed by atoms with van der Waals surface area (Å²) in [6, 6.07) is 9.74. The van der Waals surface area contributed by atoms with Crippen LogP contribution in [0, 0.1) is 19.7 Å². The van der Waals surface area contributed by atoms with Gasteiger partial charge in [0.1, 0.15) is 0 Å². The normalized spacial score (nSPS) is 15.8. The molecule has 2 aliphatic heterocycles. The van der Waals surface area contributed by atoms with Gasteiger partial charge in [-0.15, -0.1) is 0 Å². The molecular formula is C31H35FN2O4. The number of nitrogens with one attached hydrogen (secondary N) is 1. The molecule has 7 heteroatoms. The zero-order valence-electron chi connectivity index (χ0n) is 22.7. The Morgan fingerprint density at radius 1 is 1.05 bits per heavy atom. The van der Waals surface area contributed by atoms with E-state index in [2.05, 4.69) is 23.5 Å². The SMILES string of the molecule is Cc1nc(C)c(C(OC(C)(C)C)C(=O)O)c(-c2cc(F)c3c(c2)CCCO3)c1-c1ccc2c(c1)CCNC2. The van der Waals surface area contributed by atoms with Crippen molar-refractivity contribution in [3.05, 3.63) is 69.8 Å². The number of carboxylic acids is 1. The monoisotopic (exact) mass is 518 g/mol. The predicted molar refractivity (Wildman–Crippen MR) is 145 cm³/mol. The van der Waals surface area contributed by atoms with Crippen molar-refractivity contribution >= 4 is 5.97 Å². The molecule has 2 aromatic carbocycles. The Morgan fingerprint density at radius 2 is 1.82 bits per heavy atom. The van der Waals surface area contributed by atoms with E-state index in [1.807, 2.05) is 33.8 Å². The van der Waals surface area contributed by atoms with Gasteiger partial charge >= 0.3 is 5.97 Å². The maximum Gasteiger partial charge on any atom is 0.337 e. The van der Waals surface area contributed by atoms with Crippen molar-refractivity contribution in [1.29, 1.82) is 0 Å². The van der Waals surface area contributed by atoms with E-state index in [9.17, 15) is 9.90 Å². The molecule has 0 spiro atoms. The van der Waals surface area contributed by atoms with E-state index in [4.69, 9.17) is 14.5 Å². The average molecular weight is 519 g/mol. The summed E-state index contributed by atoms with van der Waals surface area (Å²) in [7, 11) is 0. The van der Waals surface area contributed by atoms with Crippen molar-refractivity contribution in [3.63, 3.8) is 0 Å². The number of benzene rings is 2. The van der Waals surface area contributed by atoms with E-state index < -0.39 is 23.5 Å². The van der Waals surface area contributed by atoms with E-state index in [0.29, 0.717) is 35.4 Å². The van der Waals surface area contributed by atoms with Crippen LogP contribution in [0.3, 0.4) is 0 Å². The van der Waals surface area contributed by atoms with Crippen LogP contribution in [-0.2, 0) is 28.9 Å². The lowest BCUT2D eigenvalue weighted by Gasteiger charge is -2.30. The largest absolute Gasteiger partial charge is 0.490 e. The van der Waals surface area contributed by atoms with Crippen LogP contribution in [-0.4, -0.2) is 34.8 Å². The van der Waals surface area contributed by atoms with Gasteiger partial charge in [0.15, 0.2) is 17.7 Å². The molecule has 1 aromatic heterocycles. The number of hydrogen-bond donors (Lipinski definition) is 2. The Labute approximate surface area is 223 Å². The van der Waals surface area contributed by atoms with Crippen molar-refractivity contribution in [2.45, 2.75) is 72.1 Å². The minimum atomic E-state index is -1.28. The third-order valence-electron chi connectivity index (χ3n) is 7.19. The second kappa shape index (κ2) is 10.1. The molecule has 2 aliphatic rings. The fourth-order valence-corrected chi connectivity index (χ4v) is 5.64. The molecule has 0 aliphatic carbocycles. The molecule has 200 valence electrons. The third kappa shape index (κ3) is 5.05. The number of carboxylic acid groups (broad SMARTS) is 1. The number of hydrogen-bond acceptors (Lipinski definition) is 5. The van der Waals surface area contributed by atoms with Crippen LogP contribution < -0.4 is 10.1 Å². The quantitative estimate of drug-likeness (QED) is 0.426. The summed E-state index contributed by atoms with van der Waals surface area (Å²) >= 11 is 0. The van der Waals surface area contributed by atoms with Gasteiger partial charge in [0, 0.05) is 29.1 Å². The van der Waals surface area contributed by atoms with Gasteiger partial charge < -0.3 is 19.9 Å². The minimum Gasteiger partial charge on any atom is -0.490 e. The zero-order chi connectivity index (χ0) is 27.2. The van der Waals surface area contributed by atoms with Crippen LogP contribution in [0.15, 0.2) is 30.3 Å². The highest BCUT2D eigenvalue weighted by molar-refractivity contribution is 5.91. The molecule has 0 amide bonds. The van der Waals surface area contributed by atoms with Gasteiger partial charge in [0.05, 0.1) is 12.2 Å². The fraction of sp³-hybridized carbons (Fsp3) is 0.419. The Morgan fingerprint density at radius 3 is 2.55 bits per heavy atom. The first-order valence-electron chi connectivity index (χ1n) is 13.2. The molecule has 0 bridgehead atoms. The number of aliphatic carboxylic acids is 1. The lowest BCUT2D eigenvalue weighted by atomic mass is 9.84. The van der Waals surface area contributed by atoms with Gasteiger partial charge in [-0.3, -0.25) is 4.98 Å². The molecule has 5 rings (SSSR count). The molecule has 2 N–H and O–H groups in total. The van der Waals surface area contributed by atoms with Gasteiger partial charge in [-0.1, -0.05) is 18.2 Å². The lowest BCUT2D eigenvalue weighted by Crippen LogP contribution is -2.28. The van der Waals surface area contributed by atoms with Gasteiger partial charge in [-0.25, -0.2) is 9.18 Å². The fourth-order valence-electron chi connectivity index (χ4n) is 5.64. The second-order valence-corrected chi connectivity index (χ2v) is 11.2. The molecule has 6 nitrogen and oxygen atoms in total. The summed E-state index contributed by atoms with van der Waals surface area (Å²) in [5.74, 6) is -1.27. The molecule has 0 fully saturated rings.